The molecule has 3 aromatic carbocycles. The normalized spacial score (nSPS) is 15.6. The van der Waals surface area contributed by atoms with Gasteiger partial charge in [-0.05, 0) is 66.2 Å². The molecule has 0 saturated carbocycles. The van der Waals surface area contributed by atoms with Gasteiger partial charge >= 0.3 is 5.97 Å². The molecule has 0 atom stereocenters. The number of aliphatic imine (C=N–C) groups is 1. The molecule has 1 amide bonds. The standard InChI is InChI=1S/C27H24N2O5S/c1-17-7-9-18(10-8-17)16-34-22-12-11-19(13-23(22)33-3)14-24-25(30)29(2)27(35-24)28-21-6-4-5-20(15-21)26(31)32/h4-15H,16H2,1-3H3,(H,31,32)/b24-14-,28-27?. The van der Waals surface area contributed by atoms with Crippen molar-refractivity contribution in [3.63, 3.8) is 0 Å². The first kappa shape index (κ1) is 24.1. The van der Waals surface area contributed by atoms with Crippen molar-refractivity contribution < 1.29 is 24.2 Å². The molecular weight excluding hydrogens is 464 g/mol. The van der Waals surface area contributed by atoms with Gasteiger partial charge in [0.15, 0.2) is 16.7 Å². The Morgan fingerprint density at radius 2 is 1.86 bits per heavy atom. The van der Waals surface area contributed by atoms with Crippen molar-refractivity contribution in [3.05, 3.63) is 93.9 Å². The van der Waals surface area contributed by atoms with Gasteiger partial charge < -0.3 is 14.6 Å². The van der Waals surface area contributed by atoms with Crippen molar-refractivity contribution in [1.29, 1.82) is 0 Å². The van der Waals surface area contributed by atoms with Crippen molar-refractivity contribution in [2.45, 2.75) is 13.5 Å². The van der Waals surface area contributed by atoms with E-state index >= 15 is 0 Å². The van der Waals surface area contributed by atoms with Crippen LogP contribution in [0.25, 0.3) is 6.08 Å². The van der Waals surface area contributed by atoms with Crippen LogP contribution < -0.4 is 9.47 Å². The predicted octanol–water partition coefficient (Wildman–Crippen LogP) is 5.51. The van der Waals surface area contributed by atoms with Crippen LogP contribution in [0.3, 0.4) is 0 Å². The minimum atomic E-state index is -1.03. The number of aryl methyl sites for hydroxylation is 1. The lowest BCUT2D eigenvalue weighted by Crippen LogP contribution is -2.23. The summed E-state index contributed by atoms with van der Waals surface area (Å²) in [5.41, 5.74) is 3.63. The number of amidine groups is 1. The smallest absolute Gasteiger partial charge is 0.335 e. The fraction of sp³-hybridized carbons (Fsp3) is 0.148. The summed E-state index contributed by atoms with van der Waals surface area (Å²) in [6, 6.07) is 19.9. The van der Waals surface area contributed by atoms with Gasteiger partial charge in [0, 0.05) is 7.05 Å². The number of carbonyl (C=O) groups is 2. The van der Waals surface area contributed by atoms with Gasteiger partial charge in [-0.2, -0.15) is 0 Å². The largest absolute Gasteiger partial charge is 0.493 e. The Morgan fingerprint density at radius 1 is 1.09 bits per heavy atom. The zero-order valence-electron chi connectivity index (χ0n) is 19.5. The van der Waals surface area contributed by atoms with E-state index in [2.05, 4.69) is 4.99 Å². The molecule has 4 rings (SSSR count). The average molecular weight is 489 g/mol. The highest BCUT2D eigenvalue weighted by atomic mass is 32.2. The van der Waals surface area contributed by atoms with E-state index in [1.807, 2.05) is 49.4 Å². The number of carboxylic acids is 1. The van der Waals surface area contributed by atoms with Crippen LogP contribution in [-0.4, -0.2) is 41.2 Å². The molecule has 7 nitrogen and oxygen atoms in total. The molecule has 0 aromatic heterocycles. The van der Waals surface area contributed by atoms with Crippen LogP contribution in [0.1, 0.15) is 27.0 Å². The fourth-order valence-electron chi connectivity index (χ4n) is 3.36. The van der Waals surface area contributed by atoms with Gasteiger partial charge in [0.25, 0.3) is 5.91 Å². The van der Waals surface area contributed by atoms with E-state index in [-0.39, 0.29) is 11.5 Å². The quantitative estimate of drug-likeness (QED) is 0.441. The highest BCUT2D eigenvalue weighted by Gasteiger charge is 2.30. The zero-order chi connectivity index (χ0) is 24.9. The number of likely N-dealkylation sites (N-methyl/N-ethyl adjacent to an activating group) is 1. The maximum atomic E-state index is 12.8. The topological polar surface area (TPSA) is 88.4 Å². The van der Waals surface area contributed by atoms with Crippen LogP contribution in [0.2, 0.25) is 0 Å². The third-order valence-electron chi connectivity index (χ3n) is 5.32. The first-order chi connectivity index (χ1) is 16.8. The second kappa shape index (κ2) is 10.5. The molecule has 8 heteroatoms. The molecule has 0 bridgehead atoms. The Balaban J connectivity index is 1.52. The van der Waals surface area contributed by atoms with Crippen LogP contribution in [0.4, 0.5) is 5.69 Å². The van der Waals surface area contributed by atoms with E-state index < -0.39 is 5.97 Å². The Kier molecular flexibility index (Phi) is 7.22. The molecule has 0 aliphatic carbocycles. The fourth-order valence-corrected chi connectivity index (χ4v) is 4.35. The minimum Gasteiger partial charge on any atom is -0.493 e. The first-order valence-electron chi connectivity index (χ1n) is 10.8. The van der Waals surface area contributed by atoms with Crippen LogP contribution in [0.5, 0.6) is 11.5 Å². The van der Waals surface area contributed by atoms with E-state index in [9.17, 15) is 14.7 Å². The molecule has 0 spiro atoms. The lowest BCUT2D eigenvalue weighted by atomic mass is 10.1. The van der Waals surface area contributed by atoms with E-state index in [0.29, 0.717) is 33.9 Å². The highest BCUT2D eigenvalue weighted by Crippen LogP contribution is 2.35. The van der Waals surface area contributed by atoms with Crippen molar-refractivity contribution >= 4 is 40.6 Å². The number of benzene rings is 3. The Labute approximate surface area is 207 Å². The lowest BCUT2D eigenvalue weighted by Gasteiger charge is -2.12. The number of rotatable bonds is 7. The summed E-state index contributed by atoms with van der Waals surface area (Å²) in [5.74, 6) is -0.0499. The zero-order valence-corrected chi connectivity index (χ0v) is 20.3. The highest BCUT2D eigenvalue weighted by molar-refractivity contribution is 8.18. The third-order valence-corrected chi connectivity index (χ3v) is 6.38. The maximum Gasteiger partial charge on any atom is 0.335 e. The number of amides is 1. The molecule has 1 fully saturated rings. The number of methoxy groups -OCH3 is 1. The summed E-state index contributed by atoms with van der Waals surface area (Å²) in [6.07, 6.45) is 1.77. The first-order valence-corrected chi connectivity index (χ1v) is 11.6. The molecule has 1 aliphatic rings. The lowest BCUT2D eigenvalue weighted by molar-refractivity contribution is -0.121. The van der Waals surface area contributed by atoms with Crippen LogP contribution in [-0.2, 0) is 11.4 Å². The number of aromatic carboxylic acids is 1. The minimum absolute atomic E-state index is 0.136. The summed E-state index contributed by atoms with van der Waals surface area (Å²) < 4.78 is 11.4. The Bertz CT molecular complexity index is 1330. The number of carboxylic acid groups (broad SMARTS) is 1. The van der Waals surface area contributed by atoms with Crippen molar-refractivity contribution in [2.75, 3.05) is 14.2 Å². The van der Waals surface area contributed by atoms with E-state index in [1.54, 1.807) is 32.4 Å². The number of ether oxygens (including phenoxy) is 2. The summed E-state index contributed by atoms with van der Waals surface area (Å²) in [5, 5.41) is 9.65. The Hall–Kier alpha value is -4.04. The van der Waals surface area contributed by atoms with Crippen molar-refractivity contribution in [2.24, 2.45) is 4.99 Å². The summed E-state index contributed by atoms with van der Waals surface area (Å²) in [7, 11) is 3.21. The van der Waals surface area contributed by atoms with Crippen LogP contribution in [0.15, 0.2) is 76.6 Å². The predicted molar refractivity (Wildman–Crippen MR) is 137 cm³/mol. The molecule has 35 heavy (non-hydrogen) atoms. The number of hydrogen-bond donors (Lipinski definition) is 1. The SMILES string of the molecule is COc1cc(/C=C2\SC(=Nc3cccc(C(=O)O)c3)N(C)C2=O)ccc1OCc1ccc(C)cc1. The third kappa shape index (κ3) is 5.73. The number of carbonyl (C=O) groups excluding carboxylic acids is 1. The summed E-state index contributed by atoms with van der Waals surface area (Å²) in [4.78, 5) is 30.4. The van der Waals surface area contributed by atoms with Gasteiger partial charge in [0.1, 0.15) is 6.61 Å². The van der Waals surface area contributed by atoms with Gasteiger partial charge in [0.2, 0.25) is 0 Å². The monoisotopic (exact) mass is 488 g/mol. The molecule has 1 N–H and O–H groups in total. The van der Waals surface area contributed by atoms with Crippen LogP contribution >= 0.6 is 11.8 Å². The molecule has 1 heterocycles. The molecule has 3 aromatic rings. The maximum absolute atomic E-state index is 12.8. The molecule has 0 unspecified atom stereocenters. The number of nitrogens with zero attached hydrogens (tertiary/aromatic N) is 2. The van der Waals surface area contributed by atoms with Crippen LogP contribution in [0, 0.1) is 6.92 Å². The van der Waals surface area contributed by atoms with Gasteiger partial charge in [-0.15, -0.1) is 0 Å². The van der Waals surface area contributed by atoms with E-state index in [0.717, 1.165) is 11.1 Å². The Morgan fingerprint density at radius 3 is 2.57 bits per heavy atom. The summed E-state index contributed by atoms with van der Waals surface area (Å²) in [6.45, 7) is 2.46. The molecule has 1 saturated heterocycles. The molecule has 1 aliphatic heterocycles. The molecular formula is C27H24N2O5S. The summed E-state index contributed by atoms with van der Waals surface area (Å²) >= 11 is 1.23. The molecule has 178 valence electrons. The van der Waals surface area contributed by atoms with Gasteiger partial charge in [-0.3, -0.25) is 9.69 Å². The average Bonchev–Trinajstić information content (AvgIpc) is 3.11. The van der Waals surface area contributed by atoms with Crippen molar-refractivity contribution in [1.82, 2.24) is 4.90 Å². The second-order valence-electron chi connectivity index (χ2n) is 7.91. The van der Waals surface area contributed by atoms with Crippen molar-refractivity contribution in [3.8, 4) is 11.5 Å². The number of hydrogen-bond acceptors (Lipinski definition) is 6. The van der Waals surface area contributed by atoms with Gasteiger partial charge in [-0.1, -0.05) is 42.0 Å². The van der Waals surface area contributed by atoms with Gasteiger partial charge in [-0.25, -0.2) is 9.79 Å². The molecule has 0 radical (unpaired) electrons. The number of thioether (sulfide) groups is 1. The second-order valence-corrected chi connectivity index (χ2v) is 8.92. The van der Waals surface area contributed by atoms with E-state index in [4.69, 9.17) is 9.47 Å². The van der Waals surface area contributed by atoms with E-state index in [1.165, 1.54) is 34.4 Å². The van der Waals surface area contributed by atoms with Gasteiger partial charge in [0.05, 0.1) is 23.3 Å².